The lowest BCUT2D eigenvalue weighted by atomic mass is 9.86. The van der Waals surface area contributed by atoms with Gasteiger partial charge in [0.25, 0.3) is 11.8 Å². The molecule has 31 heavy (non-hydrogen) atoms. The second-order valence-electron chi connectivity index (χ2n) is 8.91. The fourth-order valence-electron chi connectivity index (χ4n) is 3.50. The maximum Gasteiger partial charge on any atom is 0.277 e. The number of aromatic amines is 1. The third-order valence-corrected chi connectivity index (χ3v) is 5.78. The normalized spacial score (nSPS) is 20.5. The quantitative estimate of drug-likeness (QED) is 0.485. The lowest BCUT2D eigenvalue weighted by molar-refractivity contribution is -0.153. The van der Waals surface area contributed by atoms with Crippen LogP contribution in [0, 0.1) is 0 Å². The summed E-state index contributed by atoms with van der Waals surface area (Å²) in [6, 6.07) is 6.27. The summed E-state index contributed by atoms with van der Waals surface area (Å²) in [5, 5.41) is 6.29. The van der Waals surface area contributed by atoms with Crippen molar-refractivity contribution in [1.82, 2.24) is 15.6 Å². The first-order valence-electron chi connectivity index (χ1n) is 10.3. The van der Waals surface area contributed by atoms with Crippen LogP contribution in [0.5, 0.6) is 0 Å². The second-order valence-corrected chi connectivity index (χ2v) is 8.91. The van der Waals surface area contributed by atoms with Crippen molar-refractivity contribution in [2.45, 2.75) is 52.2 Å². The van der Waals surface area contributed by atoms with E-state index in [1.165, 1.54) is 25.2 Å². The average molecular weight is 422 g/mol. The number of carbonyl (C=O) groups excluding carboxylic acids is 2. The maximum absolute atomic E-state index is 12.7. The van der Waals surface area contributed by atoms with Gasteiger partial charge in [0.15, 0.2) is 0 Å². The van der Waals surface area contributed by atoms with Gasteiger partial charge >= 0.3 is 0 Å². The number of hydrogen-bond acceptors (Lipinski definition) is 3. The molecule has 0 radical (unpaired) electrons. The Labute approximate surface area is 183 Å². The van der Waals surface area contributed by atoms with E-state index < -0.39 is 17.5 Å². The Hall–Kier alpha value is -3.12. The molecule has 2 amide bonds. The molecule has 2 aromatic rings. The minimum absolute atomic E-state index is 0.176. The van der Waals surface area contributed by atoms with Crippen molar-refractivity contribution in [3.05, 3.63) is 65.0 Å². The van der Waals surface area contributed by atoms with Crippen LogP contribution in [0.2, 0.25) is 0 Å². The van der Waals surface area contributed by atoms with Crippen LogP contribution in [-0.2, 0) is 26.2 Å². The molecule has 1 aliphatic heterocycles. The second kappa shape index (κ2) is 8.19. The largest absolute Gasteiger partial charge is 0.357 e. The number of fused-ring (bicyclic) bond motifs is 1. The monoisotopic (exact) mass is 421 g/mol. The van der Waals surface area contributed by atoms with Crippen molar-refractivity contribution in [3.8, 4) is 0 Å². The lowest BCUT2D eigenvalue weighted by Crippen LogP contribution is -2.63. The number of H-pyrrole nitrogens is 1. The van der Waals surface area contributed by atoms with Crippen LogP contribution < -0.4 is 10.6 Å². The van der Waals surface area contributed by atoms with Gasteiger partial charge in [0.2, 0.25) is 5.72 Å². The van der Waals surface area contributed by atoms with Crippen molar-refractivity contribution in [1.29, 1.82) is 0 Å². The standard InChI is InChI=1S/C25H31N3O3/c1-8-24(4,5)21-18(14-20-22(29)28-25(6,31-7)23(30)27-20)17-12-11-16(10-9-15(2)3)13-19(17)26-21/h8-9,11-14,26H,1,10H2,2-7H3,(H,27,30)(H,28,29)/t25-/m1/s1. The topological polar surface area (TPSA) is 83.2 Å². The molecule has 1 aliphatic rings. The highest BCUT2D eigenvalue weighted by atomic mass is 16.5. The average Bonchev–Trinajstić information content (AvgIpc) is 3.09. The van der Waals surface area contributed by atoms with E-state index in [2.05, 4.69) is 74.2 Å². The van der Waals surface area contributed by atoms with E-state index in [4.69, 9.17) is 4.74 Å². The Kier molecular flexibility index (Phi) is 5.96. The highest BCUT2D eigenvalue weighted by Gasteiger charge is 2.41. The molecule has 2 heterocycles. The van der Waals surface area contributed by atoms with Crippen LogP contribution in [-0.4, -0.2) is 29.6 Å². The summed E-state index contributed by atoms with van der Waals surface area (Å²) in [4.78, 5) is 28.7. The van der Waals surface area contributed by atoms with Gasteiger partial charge in [-0.1, -0.05) is 43.7 Å². The Bertz CT molecular complexity index is 1120. The summed E-state index contributed by atoms with van der Waals surface area (Å²) in [7, 11) is 1.38. The first-order chi connectivity index (χ1) is 14.5. The molecule has 0 spiro atoms. The number of carbonyl (C=O) groups is 2. The molecular formula is C25H31N3O3. The molecule has 1 saturated heterocycles. The summed E-state index contributed by atoms with van der Waals surface area (Å²) >= 11 is 0. The van der Waals surface area contributed by atoms with Crippen molar-refractivity contribution in [2.75, 3.05) is 7.11 Å². The maximum atomic E-state index is 12.7. The summed E-state index contributed by atoms with van der Waals surface area (Å²) in [5.41, 5.74) is 3.62. The van der Waals surface area contributed by atoms with Gasteiger partial charge in [-0.25, -0.2) is 0 Å². The number of amides is 2. The van der Waals surface area contributed by atoms with Gasteiger partial charge in [-0.15, -0.1) is 6.58 Å². The molecule has 0 aliphatic carbocycles. The number of rotatable bonds is 6. The van der Waals surface area contributed by atoms with Gasteiger partial charge in [0, 0.05) is 34.7 Å². The molecule has 6 heteroatoms. The molecule has 1 fully saturated rings. The number of methoxy groups -OCH3 is 1. The zero-order chi connectivity index (χ0) is 23.0. The zero-order valence-corrected chi connectivity index (χ0v) is 19.1. The van der Waals surface area contributed by atoms with E-state index in [1.54, 1.807) is 6.08 Å². The lowest BCUT2D eigenvalue weighted by Gasteiger charge is -2.33. The summed E-state index contributed by atoms with van der Waals surface area (Å²) in [6.45, 7) is 13.8. The van der Waals surface area contributed by atoms with Gasteiger partial charge < -0.3 is 20.4 Å². The number of hydrogen-bond donors (Lipinski definition) is 3. The van der Waals surface area contributed by atoms with Gasteiger partial charge in [-0.2, -0.15) is 0 Å². The van der Waals surface area contributed by atoms with Crippen LogP contribution in [0.15, 0.2) is 48.2 Å². The molecule has 0 saturated carbocycles. The molecule has 164 valence electrons. The van der Waals surface area contributed by atoms with E-state index in [0.717, 1.165) is 28.6 Å². The van der Waals surface area contributed by atoms with E-state index in [9.17, 15) is 9.59 Å². The number of ether oxygens (including phenoxy) is 1. The van der Waals surface area contributed by atoms with E-state index in [1.807, 2.05) is 6.08 Å². The molecule has 3 rings (SSSR count). The highest BCUT2D eigenvalue weighted by molar-refractivity contribution is 6.09. The van der Waals surface area contributed by atoms with Crippen molar-refractivity contribution >= 4 is 28.8 Å². The van der Waals surface area contributed by atoms with Crippen molar-refractivity contribution in [3.63, 3.8) is 0 Å². The highest BCUT2D eigenvalue weighted by Crippen LogP contribution is 2.34. The molecule has 0 unspecified atom stereocenters. The summed E-state index contributed by atoms with van der Waals surface area (Å²) in [6.07, 6.45) is 6.63. The van der Waals surface area contributed by atoms with Crippen molar-refractivity contribution in [2.24, 2.45) is 0 Å². The van der Waals surface area contributed by atoms with E-state index in [0.29, 0.717) is 0 Å². The molecule has 1 atom stereocenters. The van der Waals surface area contributed by atoms with Crippen LogP contribution in [0.3, 0.4) is 0 Å². The third kappa shape index (κ3) is 4.35. The molecule has 1 aromatic heterocycles. The first kappa shape index (κ1) is 22.6. The van der Waals surface area contributed by atoms with Crippen LogP contribution in [0.25, 0.3) is 17.0 Å². The van der Waals surface area contributed by atoms with Gasteiger partial charge in [0.05, 0.1) is 0 Å². The van der Waals surface area contributed by atoms with Crippen LogP contribution in [0.4, 0.5) is 0 Å². The smallest absolute Gasteiger partial charge is 0.277 e. The Morgan fingerprint density at radius 3 is 2.58 bits per heavy atom. The fourth-order valence-corrected chi connectivity index (χ4v) is 3.50. The molecule has 1 aromatic carbocycles. The van der Waals surface area contributed by atoms with E-state index in [-0.39, 0.29) is 11.1 Å². The summed E-state index contributed by atoms with van der Waals surface area (Å²) < 4.78 is 5.17. The van der Waals surface area contributed by atoms with Crippen LogP contribution in [0.1, 0.15) is 51.4 Å². The Morgan fingerprint density at radius 1 is 1.26 bits per heavy atom. The Balaban J connectivity index is 2.14. The molecule has 6 nitrogen and oxygen atoms in total. The summed E-state index contributed by atoms with van der Waals surface area (Å²) in [5.74, 6) is -0.824. The van der Waals surface area contributed by atoms with E-state index >= 15 is 0 Å². The Morgan fingerprint density at radius 2 is 1.97 bits per heavy atom. The minimum Gasteiger partial charge on any atom is -0.357 e. The van der Waals surface area contributed by atoms with Gasteiger partial charge in [-0.3, -0.25) is 9.59 Å². The predicted octanol–water partition coefficient (Wildman–Crippen LogP) is 4.09. The van der Waals surface area contributed by atoms with Crippen molar-refractivity contribution < 1.29 is 14.3 Å². The fraction of sp³-hybridized carbons (Fsp3) is 0.360. The van der Waals surface area contributed by atoms with Gasteiger partial charge in [0.1, 0.15) is 5.70 Å². The zero-order valence-electron chi connectivity index (χ0n) is 19.1. The first-order valence-corrected chi connectivity index (χ1v) is 10.3. The number of piperazine rings is 1. The molecular weight excluding hydrogens is 390 g/mol. The SMILES string of the molecule is C=CC(C)(C)c1[nH]c2cc(CC=C(C)C)ccc2c1C=C1NC(=O)[C@@](C)(OC)NC1=O. The molecule has 0 bridgehead atoms. The van der Waals surface area contributed by atoms with Crippen LogP contribution >= 0.6 is 0 Å². The third-order valence-electron chi connectivity index (χ3n) is 5.78. The minimum atomic E-state index is -1.39. The number of allylic oxidation sites excluding steroid dienone is 3. The molecule has 3 N–H and O–H groups in total. The predicted molar refractivity (Wildman–Crippen MR) is 124 cm³/mol. The number of aromatic nitrogens is 1. The van der Waals surface area contributed by atoms with Gasteiger partial charge in [-0.05, 0) is 44.9 Å². The number of nitrogens with one attached hydrogen (secondary N) is 3. The number of benzene rings is 1.